The Morgan fingerprint density at radius 3 is 2.63 bits per heavy atom. The van der Waals surface area contributed by atoms with Crippen molar-refractivity contribution in [3.63, 3.8) is 0 Å². The summed E-state index contributed by atoms with van der Waals surface area (Å²) < 4.78 is 15.4. The number of methoxy groups -OCH3 is 1. The number of ether oxygens (including phenoxy) is 3. The second kappa shape index (κ2) is 7.07. The Morgan fingerprint density at radius 1 is 1.15 bits per heavy atom. The van der Waals surface area contributed by atoms with Crippen LogP contribution >= 0.6 is 0 Å². The zero-order valence-corrected chi connectivity index (χ0v) is 14.7. The van der Waals surface area contributed by atoms with Crippen molar-refractivity contribution in [2.45, 2.75) is 12.5 Å². The van der Waals surface area contributed by atoms with Crippen LogP contribution in [0.1, 0.15) is 16.8 Å². The van der Waals surface area contributed by atoms with E-state index in [1.54, 1.807) is 13.2 Å². The van der Waals surface area contributed by atoms with Crippen LogP contribution in [0.2, 0.25) is 0 Å². The van der Waals surface area contributed by atoms with Crippen LogP contribution in [-0.2, 0) is 14.3 Å². The Morgan fingerprint density at radius 2 is 1.93 bits per heavy atom. The van der Waals surface area contributed by atoms with E-state index in [-0.39, 0.29) is 6.61 Å². The molecule has 136 valence electrons. The fourth-order valence-electron chi connectivity index (χ4n) is 3.03. The van der Waals surface area contributed by atoms with E-state index < -0.39 is 18.0 Å². The van der Waals surface area contributed by atoms with Crippen molar-refractivity contribution < 1.29 is 23.8 Å². The summed E-state index contributed by atoms with van der Waals surface area (Å²) in [6.07, 6.45) is -0.479. The van der Waals surface area contributed by atoms with Gasteiger partial charge in [-0.25, -0.2) is 14.6 Å². The molecule has 0 unspecified atom stereocenters. The summed E-state index contributed by atoms with van der Waals surface area (Å²) >= 11 is 0. The topological polar surface area (TPSA) is 74.7 Å². The second-order valence-corrected chi connectivity index (χ2v) is 6.15. The van der Waals surface area contributed by atoms with Crippen LogP contribution in [0, 0.1) is 0 Å². The first-order chi connectivity index (χ1) is 13.2. The van der Waals surface area contributed by atoms with Gasteiger partial charge in [0.25, 0.3) is 0 Å². The predicted molar refractivity (Wildman–Crippen MR) is 98.5 cm³/mol. The Balaban J connectivity index is 1.76. The number of carbonyl (C=O) groups is 2. The van der Waals surface area contributed by atoms with Gasteiger partial charge in [0.05, 0.1) is 30.5 Å². The van der Waals surface area contributed by atoms with Crippen molar-refractivity contribution in [2.24, 2.45) is 0 Å². The van der Waals surface area contributed by atoms with Gasteiger partial charge in [-0.1, -0.05) is 18.2 Å². The van der Waals surface area contributed by atoms with E-state index in [1.165, 1.54) is 0 Å². The van der Waals surface area contributed by atoms with E-state index >= 15 is 0 Å². The Labute approximate surface area is 155 Å². The lowest BCUT2D eigenvalue weighted by Gasteiger charge is -2.12. The summed E-state index contributed by atoms with van der Waals surface area (Å²) in [6.45, 7) is 0.269. The number of rotatable bonds is 4. The number of pyridine rings is 1. The molecular formula is C21H17NO5. The van der Waals surface area contributed by atoms with Gasteiger partial charge in [0.1, 0.15) is 5.75 Å². The van der Waals surface area contributed by atoms with Crippen molar-refractivity contribution in [2.75, 3.05) is 13.7 Å². The number of benzene rings is 2. The smallest absolute Gasteiger partial charge is 0.347 e. The highest BCUT2D eigenvalue weighted by molar-refractivity contribution is 6.05. The maximum Gasteiger partial charge on any atom is 0.347 e. The molecular weight excluding hydrogens is 346 g/mol. The van der Waals surface area contributed by atoms with Gasteiger partial charge >= 0.3 is 11.9 Å². The van der Waals surface area contributed by atoms with E-state index in [0.717, 1.165) is 11.3 Å². The highest BCUT2D eigenvalue weighted by Gasteiger charge is 2.31. The number of carbonyl (C=O) groups excluding carboxylic acids is 2. The number of fused-ring (bicyclic) bond motifs is 1. The third kappa shape index (κ3) is 3.33. The predicted octanol–water partition coefficient (Wildman–Crippen LogP) is 3.38. The molecule has 1 aliphatic heterocycles. The second-order valence-electron chi connectivity index (χ2n) is 6.15. The number of aromatic nitrogens is 1. The third-order valence-corrected chi connectivity index (χ3v) is 4.46. The molecule has 0 spiro atoms. The normalized spacial score (nSPS) is 16.2. The summed E-state index contributed by atoms with van der Waals surface area (Å²) in [5.74, 6) is -0.330. The average molecular weight is 363 g/mol. The lowest BCUT2D eigenvalue weighted by atomic mass is 10.0. The highest BCUT2D eigenvalue weighted by Crippen LogP contribution is 2.27. The van der Waals surface area contributed by atoms with Crippen LogP contribution in [0.25, 0.3) is 22.2 Å². The third-order valence-electron chi connectivity index (χ3n) is 4.46. The fraction of sp³-hybridized carbons (Fsp3) is 0.190. The maximum absolute atomic E-state index is 12.8. The quantitative estimate of drug-likeness (QED) is 0.662. The molecule has 0 aliphatic carbocycles. The number of hydrogen-bond donors (Lipinski definition) is 0. The molecule has 1 saturated heterocycles. The van der Waals surface area contributed by atoms with Gasteiger partial charge in [-0.2, -0.15) is 0 Å². The Bertz CT molecular complexity index is 1010. The average Bonchev–Trinajstić information content (AvgIpc) is 3.11. The molecule has 4 rings (SSSR count). The molecule has 0 radical (unpaired) electrons. The van der Waals surface area contributed by atoms with Crippen molar-refractivity contribution in [3.8, 4) is 17.0 Å². The van der Waals surface area contributed by atoms with Gasteiger partial charge in [-0.05, 0) is 36.4 Å². The van der Waals surface area contributed by atoms with E-state index in [2.05, 4.69) is 4.98 Å². The molecule has 2 heterocycles. The lowest BCUT2D eigenvalue weighted by Crippen LogP contribution is -2.23. The van der Waals surface area contributed by atoms with Crippen LogP contribution in [0.3, 0.4) is 0 Å². The van der Waals surface area contributed by atoms with Crippen LogP contribution in [0.15, 0.2) is 54.6 Å². The van der Waals surface area contributed by atoms with E-state index in [1.807, 2.05) is 48.5 Å². The molecule has 0 bridgehead atoms. The summed E-state index contributed by atoms with van der Waals surface area (Å²) in [5, 5.41) is 0.672. The molecule has 6 nitrogen and oxygen atoms in total. The maximum atomic E-state index is 12.8. The van der Waals surface area contributed by atoms with Gasteiger partial charge in [-0.3, -0.25) is 0 Å². The molecule has 1 fully saturated rings. The molecule has 1 aliphatic rings. The van der Waals surface area contributed by atoms with Gasteiger partial charge < -0.3 is 14.2 Å². The molecule has 0 saturated carbocycles. The minimum absolute atomic E-state index is 0.269. The first kappa shape index (κ1) is 17.0. The van der Waals surface area contributed by atoms with Gasteiger partial charge in [-0.15, -0.1) is 0 Å². The van der Waals surface area contributed by atoms with Gasteiger partial charge in [0.15, 0.2) is 0 Å². The zero-order chi connectivity index (χ0) is 18.8. The Hall–Kier alpha value is -3.41. The monoisotopic (exact) mass is 363 g/mol. The number of esters is 2. The number of hydrogen-bond acceptors (Lipinski definition) is 6. The first-order valence-electron chi connectivity index (χ1n) is 8.57. The zero-order valence-electron chi connectivity index (χ0n) is 14.7. The van der Waals surface area contributed by atoms with Gasteiger partial charge in [0.2, 0.25) is 6.10 Å². The number of para-hydroxylation sites is 1. The van der Waals surface area contributed by atoms with E-state index in [4.69, 9.17) is 14.2 Å². The SMILES string of the molecule is COc1ccc(-c2cc(C(=O)O[C@@H]3CCOC3=O)c3ccccc3n2)cc1. The standard InChI is InChI=1S/C21H17NO5/c1-25-14-8-6-13(7-9-14)18-12-16(15-4-2-3-5-17(15)22-18)20(23)27-19-10-11-26-21(19)24/h2-9,12,19H,10-11H2,1H3/t19-/m1/s1. The van der Waals surface area contributed by atoms with Gasteiger partial charge in [0, 0.05) is 17.4 Å². The minimum atomic E-state index is -0.853. The largest absolute Gasteiger partial charge is 0.497 e. The van der Waals surface area contributed by atoms with E-state index in [0.29, 0.717) is 28.6 Å². The van der Waals surface area contributed by atoms with Crippen LogP contribution < -0.4 is 4.74 Å². The van der Waals surface area contributed by atoms with Crippen LogP contribution in [0.5, 0.6) is 5.75 Å². The lowest BCUT2D eigenvalue weighted by molar-refractivity contribution is -0.145. The molecule has 27 heavy (non-hydrogen) atoms. The van der Waals surface area contributed by atoms with Crippen molar-refractivity contribution in [1.29, 1.82) is 0 Å². The summed E-state index contributed by atoms with van der Waals surface area (Å²) in [5.41, 5.74) is 2.52. The van der Waals surface area contributed by atoms with Crippen molar-refractivity contribution >= 4 is 22.8 Å². The van der Waals surface area contributed by atoms with E-state index in [9.17, 15) is 9.59 Å². The molecule has 1 atom stereocenters. The summed E-state index contributed by atoms with van der Waals surface area (Å²) in [4.78, 5) is 29.0. The molecule has 6 heteroatoms. The first-order valence-corrected chi connectivity index (χ1v) is 8.57. The fourth-order valence-corrected chi connectivity index (χ4v) is 3.03. The summed E-state index contributed by atoms with van der Waals surface area (Å²) in [6, 6.07) is 16.4. The van der Waals surface area contributed by atoms with Crippen molar-refractivity contribution in [3.05, 3.63) is 60.2 Å². The van der Waals surface area contributed by atoms with Crippen LogP contribution in [0.4, 0.5) is 0 Å². The highest BCUT2D eigenvalue weighted by atomic mass is 16.6. The molecule has 0 N–H and O–H groups in total. The molecule has 0 amide bonds. The molecule has 2 aromatic carbocycles. The number of cyclic esters (lactones) is 1. The van der Waals surface area contributed by atoms with Crippen LogP contribution in [-0.4, -0.2) is 36.7 Å². The Kier molecular flexibility index (Phi) is 4.46. The minimum Gasteiger partial charge on any atom is -0.497 e. The number of nitrogens with zero attached hydrogens (tertiary/aromatic N) is 1. The summed E-state index contributed by atoms with van der Waals surface area (Å²) in [7, 11) is 1.60. The van der Waals surface area contributed by atoms with Crippen molar-refractivity contribution in [1.82, 2.24) is 4.98 Å². The molecule has 1 aromatic heterocycles. The molecule has 3 aromatic rings.